The minimum Gasteiger partial charge on any atom is -0.346 e. The number of nitrogens with one attached hydrogen (secondary N) is 2. The van der Waals surface area contributed by atoms with Crippen molar-refractivity contribution in [2.45, 2.75) is 16.4 Å². The summed E-state index contributed by atoms with van der Waals surface area (Å²) in [6.07, 6.45) is 0. The van der Waals surface area contributed by atoms with Crippen LogP contribution in [0.2, 0.25) is 0 Å². The molecule has 0 saturated carbocycles. The predicted octanol–water partition coefficient (Wildman–Crippen LogP) is 0.992. The smallest absolute Gasteiger partial charge is 0.258 e. The van der Waals surface area contributed by atoms with Crippen LogP contribution in [0, 0.1) is 0 Å². The zero-order chi connectivity index (χ0) is 21.8. The van der Waals surface area contributed by atoms with Crippen LogP contribution in [0.1, 0.15) is 15.6 Å². The van der Waals surface area contributed by atoms with Gasteiger partial charge in [0.2, 0.25) is 11.8 Å². The summed E-state index contributed by atoms with van der Waals surface area (Å²) >= 11 is 1.35. The first kappa shape index (κ1) is 20.8. The van der Waals surface area contributed by atoms with Gasteiger partial charge < -0.3 is 16.4 Å². The lowest BCUT2D eigenvalue weighted by Crippen LogP contribution is -2.51. The molecular weight excluding hydrogens is 416 g/mol. The molecule has 3 aromatic rings. The second-order valence-electron chi connectivity index (χ2n) is 6.82. The van der Waals surface area contributed by atoms with E-state index in [2.05, 4.69) is 20.8 Å². The predicted molar refractivity (Wildman–Crippen MR) is 115 cm³/mol. The second-order valence-corrected chi connectivity index (χ2v) is 7.93. The third-order valence-corrected chi connectivity index (χ3v) is 6.04. The van der Waals surface area contributed by atoms with Gasteiger partial charge in [0.05, 0.1) is 18.3 Å². The van der Waals surface area contributed by atoms with Gasteiger partial charge in [-0.2, -0.15) is 0 Å². The summed E-state index contributed by atoms with van der Waals surface area (Å²) in [4.78, 5) is 37.4. The van der Waals surface area contributed by atoms with Crippen molar-refractivity contribution in [1.82, 2.24) is 25.4 Å². The summed E-state index contributed by atoms with van der Waals surface area (Å²) in [6, 6.07) is 17.8. The Morgan fingerprint density at radius 3 is 2.35 bits per heavy atom. The molecule has 0 radical (unpaired) electrons. The molecule has 2 atom stereocenters. The highest BCUT2D eigenvalue weighted by Gasteiger charge is 2.41. The van der Waals surface area contributed by atoms with Crippen LogP contribution in [-0.4, -0.2) is 51.6 Å². The summed E-state index contributed by atoms with van der Waals surface area (Å²) in [5.41, 5.74) is 6.87. The van der Waals surface area contributed by atoms with E-state index in [1.54, 1.807) is 0 Å². The molecule has 1 aliphatic rings. The van der Waals surface area contributed by atoms with E-state index in [0.29, 0.717) is 11.0 Å². The highest BCUT2D eigenvalue weighted by atomic mass is 32.2. The molecule has 2 amide bonds. The Hall–Kier alpha value is -3.50. The zero-order valence-electron chi connectivity index (χ0n) is 16.4. The SMILES string of the molecule is NCC(=O)NCC(=O)N[C@@H]1C(=O)n2c(nnc2-c2ccccc2)S[C@@H]1c1ccccc1. The fourth-order valence-electron chi connectivity index (χ4n) is 3.29. The van der Waals surface area contributed by atoms with Crippen LogP contribution >= 0.6 is 11.8 Å². The van der Waals surface area contributed by atoms with Gasteiger partial charge in [-0.15, -0.1) is 10.2 Å². The number of fused-ring (bicyclic) bond motifs is 1. The van der Waals surface area contributed by atoms with Gasteiger partial charge in [-0.25, -0.2) is 4.57 Å². The molecule has 1 aromatic heterocycles. The standard InChI is InChI=1S/C21H20N6O3S/c22-11-15(28)23-12-16(29)24-17-18(13-7-3-1-4-8-13)31-21-26-25-19(27(21)20(17)30)14-9-5-2-6-10-14/h1-10,17-18H,11-12,22H2,(H,23,28)(H,24,29)/t17-,18+/m0/s1. The van der Waals surface area contributed by atoms with E-state index in [1.807, 2.05) is 60.7 Å². The molecule has 0 spiro atoms. The van der Waals surface area contributed by atoms with Crippen LogP contribution in [0.3, 0.4) is 0 Å². The molecule has 9 nitrogen and oxygen atoms in total. The normalized spacial score (nSPS) is 17.6. The van der Waals surface area contributed by atoms with Crippen molar-refractivity contribution < 1.29 is 14.4 Å². The monoisotopic (exact) mass is 436 g/mol. The Bertz CT molecular complexity index is 1100. The van der Waals surface area contributed by atoms with Gasteiger partial charge in [0.15, 0.2) is 11.0 Å². The fraction of sp³-hybridized carbons (Fsp3) is 0.190. The maximum absolute atomic E-state index is 13.5. The molecular formula is C21H20N6O3S. The van der Waals surface area contributed by atoms with Crippen LogP contribution in [0.4, 0.5) is 0 Å². The molecule has 0 unspecified atom stereocenters. The Labute approximate surface area is 182 Å². The number of amides is 2. The largest absolute Gasteiger partial charge is 0.346 e. The van der Waals surface area contributed by atoms with Gasteiger partial charge >= 0.3 is 0 Å². The molecule has 1 aliphatic heterocycles. The second kappa shape index (κ2) is 9.11. The number of aromatic nitrogens is 3. The molecule has 4 rings (SSSR count). The van der Waals surface area contributed by atoms with Crippen LogP contribution in [0.15, 0.2) is 65.8 Å². The Morgan fingerprint density at radius 1 is 1.00 bits per heavy atom. The highest BCUT2D eigenvalue weighted by Crippen LogP contribution is 2.42. The molecule has 2 aromatic carbocycles. The van der Waals surface area contributed by atoms with Gasteiger partial charge in [0, 0.05) is 5.56 Å². The average Bonchev–Trinajstić information content (AvgIpc) is 3.24. The Morgan fingerprint density at radius 2 is 1.68 bits per heavy atom. The number of carbonyl (C=O) groups is 3. The van der Waals surface area contributed by atoms with Gasteiger partial charge in [0.25, 0.3) is 5.91 Å². The first-order chi connectivity index (χ1) is 15.1. The number of carbonyl (C=O) groups excluding carboxylic acids is 3. The summed E-state index contributed by atoms with van der Waals surface area (Å²) in [5.74, 6) is -0.869. The fourth-order valence-corrected chi connectivity index (χ4v) is 4.50. The summed E-state index contributed by atoms with van der Waals surface area (Å²) in [5, 5.41) is 13.7. The van der Waals surface area contributed by atoms with Crippen LogP contribution < -0.4 is 16.4 Å². The minimum absolute atomic E-state index is 0.220. The topological polar surface area (TPSA) is 132 Å². The molecule has 158 valence electrons. The van der Waals surface area contributed by atoms with Crippen LogP contribution in [-0.2, 0) is 9.59 Å². The molecule has 2 heterocycles. The Kier molecular flexibility index (Phi) is 6.10. The van der Waals surface area contributed by atoms with Crippen molar-refractivity contribution >= 4 is 29.5 Å². The van der Waals surface area contributed by atoms with Gasteiger partial charge in [0.1, 0.15) is 6.04 Å². The minimum atomic E-state index is -0.874. The number of rotatable bonds is 6. The third kappa shape index (κ3) is 4.35. The van der Waals surface area contributed by atoms with Crippen molar-refractivity contribution in [2.75, 3.05) is 13.1 Å². The van der Waals surface area contributed by atoms with E-state index in [4.69, 9.17) is 5.73 Å². The van der Waals surface area contributed by atoms with E-state index in [0.717, 1.165) is 11.1 Å². The quantitative estimate of drug-likeness (QED) is 0.525. The zero-order valence-corrected chi connectivity index (χ0v) is 17.2. The summed E-state index contributed by atoms with van der Waals surface area (Å²) in [6.45, 7) is -0.491. The highest BCUT2D eigenvalue weighted by molar-refractivity contribution is 7.99. The molecule has 0 aliphatic carbocycles. The Balaban J connectivity index is 1.67. The molecule has 0 saturated heterocycles. The summed E-state index contributed by atoms with van der Waals surface area (Å²) < 4.78 is 1.43. The lowest BCUT2D eigenvalue weighted by molar-refractivity contribution is -0.125. The number of nitrogens with two attached hydrogens (primary N) is 1. The van der Waals surface area contributed by atoms with E-state index in [9.17, 15) is 14.4 Å². The van der Waals surface area contributed by atoms with E-state index < -0.39 is 23.1 Å². The number of hydrogen-bond acceptors (Lipinski definition) is 7. The average molecular weight is 436 g/mol. The van der Waals surface area contributed by atoms with Gasteiger partial charge in [-0.1, -0.05) is 72.4 Å². The van der Waals surface area contributed by atoms with Crippen LogP contribution in [0.25, 0.3) is 11.4 Å². The number of benzene rings is 2. The maximum Gasteiger partial charge on any atom is 0.258 e. The molecule has 4 N–H and O–H groups in total. The van der Waals surface area contributed by atoms with Gasteiger partial charge in [-0.3, -0.25) is 14.4 Å². The van der Waals surface area contributed by atoms with Crippen molar-refractivity contribution in [3.05, 3.63) is 66.2 Å². The van der Waals surface area contributed by atoms with E-state index >= 15 is 0 Å². The van der Waals surface area contributed by atoms with E-state index in [-0.39, 0.29) is 19.0 Å². The first-order valence-electron chi connectivity index (χ1n) is 9.61. The van der Waals surface area contributed by atoms with Crippen LogP contribution in [0.5, 0.6) is 0 Å². The molecule has 10 heteroatoms. The van der Waals surface area contributed by atoms with Crippen molar-refractivity contribution in [3.63, 3.8) is 0 Å². The maximum atomic E-state index is 13.5. The molecule has 31 heavy (non-hydrogen) atoms. The van der Waals surface area contributed by atoms with Crippen molar-refractivity contribution in [1.29, 1.82) is 0 Å². The first-order valence-corrected chi connectivity index (χ1v) is 10.5. The lowest BCUT2D eigenvalue weighted by atomic mass is 10.0. The number of thioether (sulfide) groups is 1. The van der Waals surface area contributed by atoms with Crippen molar-refractivity contribution in [3.8, 4) is 11.4 Å². The van der Waals surface area contributed by atoms with Gasteiger partial charge in [-0.05, 0) is 5.56 Å². The number of nitrogens with zero attached hydrogens (tertiary/aromatic N) is 3. The molecule has 0 bridgehead atoms. The van der Waals surface area contributed by atoms with Crippen molar-refractivity contribution in [2.24, 2.45) is 5.73 Å². The third-order valence-electron chi connectivity index (χ3n) is 4.76. The molecule has 0 fully saturated rings. The lowest BCUT2D eigenvalue weighted by Gasteiger charge is -2.31. The summed E-state index contributed by atoms with van der Waals surface area (Å²) in [7, 11) is 0. The van der Waals surface area contributed by atoms with E-state index in [1.165, 1.54) is 16.3 Å². The number of hydrogen-bond donors (Lipinski definition) is 3.